The molecule has 2 heterocycles. The molecular formula is C17H13N3O2S. The number of thiophene rings is 1. The second kappa shape index (κ2) is 6.90. The molecule has 0 aliphatic rings. The van der Waals surface area contributed by atoms with Gasteiger partial charge >= 0.3 is 5.97 Å². The molecule has 3 rings (SSSR count). The molecule has 0 aliphatic heterocycles. The quantitative estimate of drug-likeness (QED) is 0.675. The number of carbonyl (C=O) groups excluding carboxylic acids is 1. The molecule has 3 aromatic rings. The van der Waals surface area contributed by atoms with Crippen molar-refractivity contribution in [2.24, 2.45) is 0 Å². The zero-order valence-corrected chi connectivity index (χ0v) is 13.0. The van der Waals surface area contributed by atoms with E-state index in [4.69, 9.17) is 10.00 Å². The predicted molar refractivity (Wildman–Crippen MR) is 87.0 cm³/mol. The van der Waals surface area contributed by atoms with Crippen LogP contribution in [0, 0.1) is 11.3 Å². The maximum Gasteiger partial charge on any atom is 0.343 e. The van der Waals surface area contributed by atoms with Crippen molar-refractivity contribution in [2.45, 2.75) is 6.54 Å². The molecule has 0 amide bonds. The van der Waals surface area contributed by atoms with Crippen LogP contribution in [0.5, 0.6) is 0 Å². The Labute approximate surface area is 137 Å². The van der Waals surface area contributed by atoms with Gasteiger partial charge in [-0.1, -0.05) is 36.4 Å². The average Bonchev–Trinajstić information content (AvgIpc) is 3.22. The lowest BCUT2D eigenvalue weighted by atomic mass is 10.2. The summed E-state index contributed by atoms with van der Waals surface area (Å²) in [4.78, 5) is 13.1. The van der Waals surface area contributed by atoms with E-state index in [1.165, 1.54) is 11.3 Å². The second-order valence-electron chi connectivity index (χ2n) is 4.79. The van der Waals surface area contributed by atoms with E-state index in [2.05, 4.69) is 5.10 Å². The first-order valence-corrected chi connectivity index (χ1v) is 7.85. The summed E-state index contributed by atoms with van der Waals surface area (Å²) in [5.41, 5.74) is 2.04. The molecule has 5 nitrogen and oxygen atoms in total. The van der Waals surface area contributed by atoms with Crippen molar-refractivity contribution in [1.82, 2.24) is 9.78 Å². The van der Waals surface area contributed by atoms with Gasteiger partial charge in [-0.2, -0.15) is 10.4 Å². The Kier molecular flexibility index (Phi) is 4.50. The number of benzene rings is 1. The van der Waals surface area contributed by atoms with Gasteiger partial charge in [0.2, 0.25) is 0 Å². The lowest BCUT2D eigenvalue weighted by molar-refractivity contribution is 0.0556. The molecule has 2 aromatic heterocycles. The van der Waals surface area contributed by atoms with Crippen LogP contribution in [0.15, 0.2) is 54.0 Å². The third kappa shape index (κ3) is 3.47. The molecule has 23 heavy (non-hydrogen) atoms. The summed E-state index contributed by atoms with van der Waals surface area (Å²) in [6.45, 7) is 0.289. The number of hydrogen-bond donors (Lipinski definition) is 0. The number of esters is 1. The van der Waals surface area contributed by atoms with Crippen LogP contribution < -0.4 is 0 Å². The summed E-state index contributed by atoms with van der Waals surface area (Å²) in [5.74, 6) is -0.533. The molecular weight excluding hydrogens is 310 g/mol. The van der Waals surface area contributed by atoms with Crippen LogP contribution in [0.25, 0.3) is 10.6 Å². The van der Waals surface area contributed by atoms with Crippen molar-refractivity contribution in [3.8, 4) is 16.6 Å². The standard InChI is InChI=1S/C17H13N3O2S/c18-8-9-22-17(21)14-12-20(11-13-5-2-1-3-6-13)19-16(14)15-7-4-10-23-15/h1-7,10,12H,9,11H2. The molecule has 0 radical (unpaired) electrons. The number of nitrogens with zero attached hydrogens (tertiary/aromatic N) is 3. The van der Waals surface area contributed by atoms with Gasteiger partial charge in [0.25, 0.3) is 0 Å². The zero-order valence-electron chi connectivity index (χ0n) is 12.2. The van der Waals surface area contributed by atoms with Crippen LogP contribution in [-0.2, 0) is 11.3 Å². The Balaban J connectivity index is 1.93. The summed E-state index contributed by atoms with van der Waals surface area (Å²) < 4.78 is 6.65. The van der Waals surface area contributed by atoms with Crippen LogP contribution in [0.4, 0.5) is 0 Å². The van der Waals surface area contributed by atoms with Gasteiger partial charge in [0.05, 0.1) is 11.4 Å². The summed E-state index contributed by atoms with van der Waals surface area (Å²) in [6, 6.07) is 15.5. The summed E-state index contributed by atoms with van der Waals surface area (Å²) in [6.07, 6.45) is 1.67. The minimum absolute atomic E-state index is 0.271. The number of carbonyl (C=O) groups is 1. The highest BCUT2D eigenvalue weighted by Crippen LogP contribution is 2.27. The SMILES string of the molecule is N#CCOC(=O)c1cn(Cc2ccccc2)nc1-c1cccs1. The van der Waals surface area contributed by atoms with E-state index in [9.17, 15) is 4.79 Å². The Hall–Kier alpha value is -2.91. The van der Waals surface area contributed by atoms with Gasteiger partial charge in [0.15, 0.2) is 6.61 Å². The van der Waals surface area contributed by atoms with Crippen LogP contribution >= 0.6 is 11.3 Å². The highest BCUT2D eigenvalue weighted by molar-refractivity contribution is 7.13. The van der Waals surface area contributed by atoms with Gasteiger partial charge < -0.3 is 4.74 Å². The monoisotopic (exact) mass is 323 g/mol. The van der Waals surface area contributed by atoms with Crippen LogP contribution in [0.1, 0.15) is 15.9 Å². The van der Waals surface area contributed by atoms with E-state index in [1.807, 2.05) is 47.8 Å². The highest BCUT2D eigenvalue weighted by Gasteiger charge is 2.20. The fourth-order valence-electron chi connectivity index (χ4n) is 2.19. The van der Waals surface area contributed by atoms with Crippen molar-refractivity contribution in [2.75, 3.05) is 6.61 Å². The van der Waals surface area contributed by atoms with Gasteiger partial charge in [-0.05, 0) is 17.0 Å². The molecule has 0 N–H and O–H groups in total. The molecule has 114 valence electrons. The minimum Gasteiger partial charge on any atom is -0.447 e. The van der Waals surface area contributed by atoms with Gasteiger partial charge in [0, 0.05) is 6.20 Å². The Morgan fingerprint density at radius 2 is 2.09 bits per heavy atom. The second-order valence-corrected chi connectivity index (χ2v) is 5.73. The van der Waals surface area contributed by atoms with Crippen molar-refractivity contribution < 1.29 is 9.53 Å². The Bertz CT molecular complexity index is 833. The van der Waals surface area contributed by atoms with Crippen molar-refractivity contribution >= 4 is 17.3 Å². The molecule has 0 aliphatic carbocycles. The average molecular weight is 323 g/mol. The third-order valence-electron chi connectivity index (χ3n) is 3.19. The van der Waals surface area contributed by atoms with Crippen LogP contribution in [-0.4, -0.2) is 22.4 Å². The number of ether oxygens (including phenoxy) is 1. The summed E-state index contributed by atoms with van der Waals surface area (Å²) in [5, 5.41) is 15.0. The first-order chi connectivity index (χ1) is 11.3. The third-order valence-corrected chi connectivity index (χ3v) is 4.07. The van der Waals surface area contributed by atoms with Gasteiger partial charge in [-0.15, -0.1) is 11.3 Å². The van der Waals surface area contributed by atoms with E-state index in [-0.39, 0.29) is 6.61 Å². The lowest BCUT2D eigenvalue weighted by Gasteiger charge is -2.00. The number of nitriles is 1. The summed E-state index contributed by atoms with van der Waals surface area (Å²) >= 11 is 1.50. The maximum absolute atomic E-state index is 12.2. The molecule has 0 saturated carbocycles. The number of hydrogen-bond acceptors (Lipinski definition) is 5. The van der Waals surface area contributed by atoms with Gasteiger partial charge in [0.1, 0.15) is 17.3 Å². The molecule has 6 heteroatoms. The van der Waals surface area contributed by atoms with Crippen molar-refractivity contribution in [3.63, 3.8) is 0 Å². The molecule has 0 atom stereocenters. The maximum atomic E-state index is 12.2. The fraction of sp³-hybridized carbons (Fsp3) is 0.118. The normalized spacial score (nSPS) is 10.2. The first kappa shape index (κ1) is 15.0. The van der Waals surface area contributed by atoms with Crippen LogP contribution in [0.2, 0.25) is 0 Å². The number of rotatable bonds is 5. The molecule has 0 saturated heterocycles. The zero-order chi connectivity index (χ0) is 16.1. The topological polar surface area (TPSA) is 67.9 Å². The van der Waals surface area contributed by atoms with Gasteiger partial charge in [-0.25, -0.2) is 4.79 Å². The van der Waals surface area contributed by atoms with Gasteiger partial charge in [-0.3, -0.25) is 4.68 Å². The highest BCUT2D eigenvalue weighted by atomic mass is 32.1. The molecule has 0 spiro atoms. The van der Waals surface area contributed by atoms with E-state index in [1.54, 1.807) is 16.9 Å². The van der Waals surface area contributed by atoms with Crippen molar-refractivity contribution in [3.05, 3.63) is 65.2 Å². The lowest BCUT2D eigenvalue weighted by Crippen LogP contribution is -2.05. The Morgan fingerprint density at radius 1 is 1.26 bits per heavy atom. The fourth-order valence-corrected chi connectivity index (χ4v) is 2.92. The molecule has 1 aromatic carbocycles. The van der Waals surface area contributed by atoms with Crippen molar-refractivity contribution in [1.29, 1.82) is 5.26 Å². The Morgan fingerprint density at radius 3 is 2.78 bits per heavy atom. The largest absolute Gasteiger partial charge is 0.447 e. The molecule has 0 fully saturated rings. The minimum atomic E-state index is -0.533. The van der Waals surface area contributed by atoms with E-state index >= 15 is 0 Å². The first-order valence-electron chi connectivity index (χ1n) is 6.97. The van der Waals surface area contributed by atoms with Crippen LogP contribution in [0.3, 0.4) is 0 Å². The molecule has 0 unspecified atom stereocenters. The van der Waals surface area contributed by atoms with E-state index < -0.39 is 5.97 Å². The molecule has 0 bridgehead atoms. The number of aromatic nitrogens is 2. The van der Waals surface area contributed by atoms with E-state index in [0.717, 1.165) is 10.4 Å². The predicted octanol–water partition coefficient (Wildman–Crippen LogP) is 3.34. The smallest absolute Gasteiger partial charge is 0.343 e. The summed E-state index contributed by atoms with van der Waals surface area (Å²) in [7, 11) is 0. The van der Waals surface area contributed by atoms with E-state index in [0.29, 0.717) is 17.8 Å².